The minimum atomic E-state index is -4.36. The monoisotopic (exact) mass is 360 g/mol. The van der Waals surface area contributed by atoms with Crippen molar-refractivity contribution in [2.24, 2.45) is 0 Å². The third-order valence-electron chi connectivity index (χ3n) is 1.68. The molecule has 90 valence electrons. The topological polar surface area (TPSA) is 9.23 Å². The molecule has 0 saturated heterocycles. The van der Waals surface area contributed by atoms with Gasteiger partial charge in [-0.2, -0.15) is 13.2 Å². The molecule has 16 heavy (non-hydrogen) atoms. The number of alkyl halides is 3. The van der Waals surface area contributed by atoms with Crippen LogP contribution in [0.3, 0.4) is 0 Å². The highest BCUT2D eigenvalue weighted by Crippen LogP contribution is 2.40. The maximum Gasteiger partial charge on any atom is 0.416 e. The fraction of sp³-hybridized carbons (Fsp3) is 0.400. The number of rotatable bonds is 2. The molecule has 1 nitrogen and oxygen atoms in total. The third-order valence-corrected chi connectivity index (χ3v) is 2.86. The van der Waals surface area contributed by atoms with Gasteiger partial charge in [0, 0.05) is 0 Å². The van der Waals surface area contributed by atoms with Gasteiger partial charge in [-0.25, -0.2) is 0 Å². The van der Waals surface area contributed by atoms with E-state index in [1.807, 2.05) is 0 Å². The van der Waals surface area contributed by atoms with Crippen molar-refractivity contribution in [3.63, 3.8) is 0 Å². The van der Waals surface area contributed by atoms with Gasteiger partial charge < -0.3 is 4.74 Å². The van der Waals surface area contributed by atoms with Gasteiger partial charge in [-0.15, -0.1) is 0 Å². The first-order valence-electron chi connectivity index (χ1n) is 4.44. The summed E-state index contributed by atoms with van der Waals surface area (Å²) in [6.45, 7) is 3.60. The summed E-state index contributed by atoms with van der Waals surface area (Å²) in [5.41, 5.74) is -0.720. The summed E-state index contributed by atoms with van der Waals surface area (Å²) in [5, 5.41) is 0. The molecule has 1 aromatic carbocycles. The molecule has 0 N–H and O–H groups in total. The van der Waals surface area contributed by atoms with Gasteiger partial charge >= 0.3 is 6.18 Å². The summed E-state index contributed by atoms with van der Waals surface area (Å²) >= 11 is 6.13. The smallest absolute Gasteiger partial charge is 0.416 e. The normalized spacial score (nSPS) is 12.0. The van der Waals surface area contributed by atoms with Crippen LogP contribution in [0, 0.1) is 0 Å². The summed E-state index contributed by atoms with van der Waals surface area (Å²) in [4.78, 5) is 0. The van der Waals surface area contributed by atoms with E-state index in [1.54, 1.807) is 13.8 Å². The Hall–Kier alpha value is -0.230. The number of hydrogen-bond acceptors (Lipinski definition) is 1. The van der Waals surface area contributed by atoms with Crippen LogP contribution in [0.25, 0.3) is 0 Å². The highest BCUT2D eigenvalue weighted by atomic mass is 79.9. The molecule has 0 aromatic heterocycles. The highest BCUT2D eigenvalue weighted by molar-refractivity contribution is 9.11. The van der Waals surface area contributed by atoms with Gasteiger partial charge in [0.2, 0.25) is 0 Å². The Balaban J connectivity index is 3.18. The van der Waals surface area contributed by atoms with Crippen LogP contribution in [0.1, 0.15) is 19.4 Å². The van der Waals surface area contributed by atoms with Crippen LogP contribution in [0.2, 0.25) is 0 Å². The second-order valence-electron chi connectivity index (χ2n) is 3.43. The first kappa shape index (κ1) is 13.8. The minimum absolute atomic E-state index is 0.107. The Morgan fingerprint density at radius 3 is 1.88 bits per heavy atom. The van der Waals surface area contributed by atoms with Crippen molar-refractivity contribution in [1.82, 2.24) is 0 Å². The standard InChI is InChI=1S/C10H9Br2F3O/c1-5(2)16-9-7(11)3-6(4-8(9)12)10(13,14)15/h3-5H,1-2H3. The Morgan fingerprint density at radius 1 is 1.12 bits per heavy atom. The van der Waals surface area contributed by atoms with Crippen molar-refractivity contribution >= 4 is 31.9 Å². The van der Waals surface area contributed by atoms with E-state index >= 15 is 0 Å². The highest BCUT2D eigenvalue weighted by Gasteiger charge is 2.32. The van der Waals surface area contributed by atoms with Crippen LogP contribution >= 0.6 is 31.9 Å². The van der Waals surface area contributed by atoms with Gasteiger partial charge in [0.1, 0.15) is 5.75 Å². The lowest BCUT2D eigenvalue weighted by Crippen LogP contribution is -2.09. The number of halogens is 5. The average molecular weight is 362 g/mol. The molecule has 0 fully saturated rings. The van der Waals surface area contributed by atoms with E-state index in [4.69, 9.17) is 4.74 Å². The molecule has 0 saturated carbocycles. The number of benzene rings is 1. The molecule has 0 aliphatic heterocycles. The fourth-order valence-electron chi connectivity index (χ4n) is 1.07. The van der Waals surface area contributed by atoms with E-state index in [0.717, 1.165) is 12.1 Å². The maximum absolute atomic E-state index is 12.5. The lowest BCUT2D eigenvalue weighted by atomic mass is 10.2. The molecule has 0 bridgehead atoms. The molecule has 0 amide bonds. The number of ether oxygens (including phenoxy) is 1. The Kier molecular flexibility index (Phi) is 4.29. The first-order chi connectivity index (χ1) is 7.21. The van der Waals surface area contributed by atoms with Gasteiger partial charge in [0.15, 0.2) is 0 Å². The zero-order chi connectivity index (χ0) is 12.5. The largest absolute Gasteiger partial charge is 0.489 e. The van der Waals surface area contributed by atoms with Crippen molar-refractivity contribution in [3.8, 4) is 5.75 Å². The minimum Gasteiger partial charge on any atom is -0.489 e. The molecule has 0 spiro atoms. The summed E-state index contributed by atoms with van der Waals surface area (Å²) in [6.07, 6.45) is -4.47. The second-order valence-corrected chi connectivity index (χ2v) is 5.14. The van der Waals surface area contributed by atoms with Crippen molar-refractivity contribution in [2.75, 3.05) is 0 Å². The van der Waals surface area contributed by atoms with Gasteiger partial charge in [-0.1, -0.05) is 0 Å². The quantitative estimate of drug-likeness (QED) is 0.718. The average Bonchev–Trinajstić information content (AvgIpc) is 2.09. The van der Waals surface area contributed by atoms with Crippen LogP contribution in [-0.4, -0.2) is 6.10 Å². The molecule has 1 rings (SSSR count). The summed E-state index contributed by atoms with van der Waals surface area (Å²) in [6, 6.07) is 2.00. The summed E-state index contributed by atoms with van der Waals surface area (Å²) in [7, 11) is 0. The van der Waals surface area contributed by atoms with E-state index in [2.05, 4.69) is 31.9 Å². The number of hydrogen-bond donors (Lipinski definition) is 0. The molecule has 0 heterocycles. The van der Waals surface area contributed by atoms with Crippen LogP contribution in [-0.2, 0) is 6.18 Å². The fourth-order valence-corrected chi connectivity index (χ4v) is 2.45. The van der Waals surface area contributed by atoms with Crippen LogP contribution in [0.4, 0.5) is 13.2 Å². The summed E-state index contributed by atoms with van der Waals surface area (Å²) in [5.74, 6) is 0.378. The molecule has 0 atom stereocenters. The Morgan fingerprint density at radius 2 is 1.56 bits per heavy atom. The van der Waals surface area contributed by atoms with E-state index in [9.17, 15) is 13.2 Å². The molecule has 6 heteroatoms. The van der Waals surface area contributed by atoms with Crippen molar-refractivity contribution < 1.29 is 17.9 Å². The van der Waals surface area contributed by atoms with Crippen LogP contribution in [0.5, 0.6) is 5.75 Å². The molecule has 0 aliphatic rings. The van der Waals surface area contributed by atoms with Gasteiger partial charge in [0.05, 0.1) is 20.6 Å². The van der Waals surface area contributed by atoms with E-state index in [0.29, 0.717) is 5.75 Å². The zero-order valence-corrected chi connectivity index (χ0v) is 11.7. The van der Waals surface area contributed by atoms with Gasteiger partial charge in [-0.3, -0.25) is 0 Å². The van der Waals surface area contributed by atoms with E-state index < -0.39 is 11.7 Å². The van der Waals surface area contributed by atoms with Crippen molar-refractivity contribution in [3.05, 3.63) is 26.6 Å². The van der Waals surface area contributed by atoms with Gasteiger partial charge in [0.25, 0.3) is 0 Å². The van der Waals surface area contributed by atoms with Gasteiger partial charge in [-0.05, 0) is 57.8 Å². The summed E-state index contributed by atoms with van der Waals surface area (Å²) < 4.78 is 43.3. The third kappa shape index (κ3) is 3.38. The predicted molar refractivity (Wildman–Crippen MR) is 62.6 cm³/mol. The molecular formula is C10H9Br2F3O. The Labute approximate surface area is 108 Å². The predicted octanol–water partition coefficient (Wildman–Crippen LogP) is 5.02. The Bertz CT molecular complexity index is 365. The molecule has 0 radical (unpaired) electrons. The second kappa shape index (κ2) is 4.96. The molecule has 0 aliphatic carbocycles. The van der Waals surface area contributed by atoms with Crippen molar-refractivity contribution in [2.45, 2.75) is 26.1 Å². The molecule has 1 aromatic rings. The van der Waals surface area contributed by atoms with E-state index in [-0.39, 0.29) is 15.0 Å². The lowest BCUT2D eigenvalue weighted by molar-refractivity contribution is -0.137. The maximum atomic E-state index is 12.5. The lowest BCUT2D eigenvalue weighted by Gasteiger charge is -2.15. The van der Waals surface area contributed by atoms with Crippen LogP contribution in [0.15, 0.2) is 21.1 Å². The SMILES string of the molecule is CC(C)Oc1c(Br)cc(C(F)(F)F)cc1Br. The van der Waals surface area contributed by atoms with E-state index in [1.165, 1.54) is 0 Å². The first-order valence-corrected chi connectivity index (χ1v) is 6.03. The van der Waals surface area contributed by atoms with Crippen molar-refractivity contribution in [1.29, 1.82) is 0 Å². The van der Waals surface area contributed by atoms with Crippen LogP contribution < -0.4 is 4.74 Å². The molecular weight excluding hydrogens is 353 g/mol. The zero-order valence-electron chi connectivity index (χ0n) is 8.53. The molecule has 0 unspecified atom stereocenters.